The van der Waals surface area contributed by atoms with Crippen molar-refractivity contribution >= 4 is 342 Å². The van der Waals surface area contributed by atoms with E-state index in [1.807, 2.05) is 0 Å². The Morgan fingerprint density at radius 1 is 0.204 bits per heavy atom. The molecule has 0 heterocycles. The molecule has 0 radical (unpaired) electrons. The van der Waals surface area contributed by atoms with E-state index in [-0.39, 0.29) is 264 Å². The maximum atomic E-state index is 10.7. The first-order valence-corrected chi connectivity index (χ1v) is 21.9. The molecule has 49 heavy (non-hydrogen) atoms. The van der Waals surface area contributed by atoms with E-state index in [0.717, 1.165) is 0 Å². The van der Waals surface area contributed by atoms with Crippen molar-refractivity contribution in [2.75, 3.05) is 0 Å². The van der Waals surface area contributed by atoms with Crippen LogP contribution in [0.25, 0.3) is 0 Å². The average Bonchev–Trinajstić information content (AvgIpc) is 2.37. The van der Waals surface area contributed by atoms with Crippen LogP contribution in [0.1, 0.15) is 0 Å². The van der Waals surface area contributed by atoms with Crippen molar-refractivity contribution in [2.45, 2.75) is 0 Å². The zero-order valence-corrected chi connectivity index (χ0v) is 46.9. The Morgan fingerprint density at radius 3 is 0.367 bits per heavy atom. The van der Waals surface area contributed by atoms with Crippen molar-refractivity contribution in [2.24, 2.45) is 0 Å². The van der Waals surface area contributed by atoms with Crippen molar-refractivity contribution in [3.05, 3.63) is 0 Å². The van der Waals surface area contributed by atoms with E-state index >= 15 is 0 Å². The van der Waals surface area contributed by atoms with Crippen molar-refractivity contribution in [1.82, 2.24) is 0 Å². The summed E-state index contributed by atoms with van der Waals surface area (Å²) < 4.78 is 125. The Kier molecular flexibility index (Phi) is 50.6. The molecule has 0 aliphatic carbocycles. The number of rotatable bonds is 16. The molecule has 0 fully saturated rings. The summed E-state index contributed by atoms with van der Waals surface area (Å²) in [7, 11) is -64.1. The smallest absolute Gasteiger partial charge is 0.790 e. The van der Waals surface area contributed by atoms with Crippen molar-refractivity contribution in [3.8, 4) is 0 Å². The van der Waals surface area contributed by atoms with Crippen LogP contribution in [-0.4, -0.2) is 264 Å². The van der Waals surface area contributed by atoms with E-state index in [9.17, 15) is 114 Å². The van der Waals surface area contributed by atoms with Gasteiger partial charge in [-0.05, 0) is 0 Å². The molecule has 0 amide bonds. The monoisotopic (exact) mass is 1100 g/mol. The molecule has 0 saturated heterocycles. The van der Waals surface area contributed by atoms with Gasteiger partial charge in [0.05, 0.1) is 31.3 Å². The second kappa shape index (κ2) is 31.2. The molecule has 4 atom stereocenters. The van der Waals surface area contributed by atoms with E-state index < -0.39 is 78.2 Å². The molecule has 0 aliphatic heterocycles. The minimum atomic E-state index is -6.56. The van der Waals surface area contributed by atoms with Crippen LogP contribution < -0.4 is 68.5 Å². The van der Waals surface area contributed by atoms with Crippen LogP contribution in [0, 0.1) is 0 Å². The van der Waals surface area contributed by atoms with Gasteiger partial charge >= 0.3 is 264 Å². The third-order valence-electron chi connectivity index (χ3n) is 1.60. The molecule has 49 heteroatoms. The van der Waals surface area contributed by atoms with Crippen LogP contribution in [0.3, 0.4) is 0 Å². The van der Waals surface area contributed by atoms with E-state index in [1.165, 1.54) is 0 Å². The maximum Gasteiger partial charge on any atom is 2.00 e. The third-order valence-corrected chi connectivity index (χ3v) is 14.4. The van der Waals surface area contributed by atoms with Gasteiger partial charge in [0.2, 0.25) is 0 Å². The topological polar surface area (TPSA) is 567 Å². The second-order valence-electron chi connectivity index (χ2n) is 5.13. The Morgan fingerprint density at radius 2 is 0.286 bits per heavy atom. The van der Waals surface area contributed by atoms with Crippen LogP contribution in [-0.2, 0) is 80.1 Å². The summed E-state index contributed by atoms with van der Waals surface area (Å²) in [5.74, 6) is 0. The van der Waals surface area contributed by atoms with Gasteiger partial charge in [0.1, 0.15) is 0 Å². The van der Waals surface area contributed by atoms with Crippen LogP contribution in [0.4, 0.5) is 0 Å². The van der Waals surface area contributed by atoms with Crippen LogP contribution in [0.5, 0.6) is 0 Å². The van der Waals surface area contributed by atoms with Crippen molar-refractivity contribution in [1.29, 1.82) is 0 Å². The van der Waals surface area contributed by atoms with E-state index in [1.54, 1.807) is 0 Å². The first-order chi connectivity index (χ1) is 17.7. The zero-order chi connectivity index (χ0) is 34.7. The molecule has 256 valence electrons. The summed E-state index contributed by atoms with van der Waals surface area (Å²) in [5, 5.41) is 0. The predicted octanol–water partition coefficient (Wildman–Crippen LogP) is -12.4. The average molecular weight is 1100 g/mol. The second-order valence-corrected chi connectivity index (χ2v) is 19.3. The first kappa shape index (κ1) is 79.6. The van der Waals surface area contributed by atoms with Gasteiger partial charge in [-0.15, -0.1) is 0 Å². The van der Waals surface area contributed by atoms with Gasteiger partial charge in [0, 0.05) is 0 Å². The van der Waals surface area contributed by atoms with Crippen LogP contribution >= 0.6 is 78.2 Å². The van der Waals surface area contributed by atoms with Crippen molar-refractivity contribution in [3.63, 3.8) is 0 Å². The van der Waals surface area contributed by atoms with E-state index in [0.29, 0.717) is 0 Å². The fourth-order valence-corrected chi connectivity index (χ4v) is 11.2. The SMILES string of the molecule is O=P([O-])([O-])OP(=O)([O-])OP(=O)([O-])OP(=O)([O-])OP(=O)([O-])[O-].O=P([O-])([O-])OP(=O)([O-])OP(=O)([O-])OP(=O)([O-])OP(=O)([O-])[O-].[Ca+2].[Ca+2].[Ca+2].[Ca+2].[Ca+2].[Ca+2].[Ca+2]. The molecule has 32 nitrogen and oxygen atoms in total. The van der Waals surface area contributed by atoms with E-state index in [4.69, 9.17) is 0 Å². The summed E-state index contributed by atoms with van der Waals surface area (Å²) in [6, 6.07) is 0. The first-order valence-electron chi connectivity index (χ1n) is 7.30. The summed E-state index contributed by atoms with van der Waals surface area (Å²) in [5.41, 5.74) is 0. The zero-order valence-electron chi connectivity index (χ0n) is 22.5. The summed E-state index contributed by atoms with van der Waals surface area (Å²) in [6.45, 7) is 0. The molecule has 0 N–H and O–H groups in total. The Hall–Kier alpha value is 10.2. The number of hydrogen-bond acceptors (Lipinski definition) is 32. The molecule has 0 aromatic heterocycles. The van der Waals surface area contributed by atoms with Gasteiger partial charge in [-0.25, -0.2) is 17.2 Å². The third kappa shape index (κ3) is 54.3. The molecule has 0 spiro atoms. The molecule has 0 aliphatic rings. The normalized spacial score (nSPS) is 18.9. The molecule has 0 saturated carbocycles. The molecule has 0 aromatic carbocycles. The van der Waals surface area contributed by atoms with Gasteiger partial charge in [-0.3, -0.25) is 44.6 Å². The summed E-state index contributed by atoms with van der Waals surface area (Å²) in [6.07, 6.45) is 0. The largest absolute Gasteiger partial charge is 2.00 e. The number of phosphoric acid groups is 10. The molecule has 0 aromatic rings. The number of hydrogen-bond donors (Lipinski definition) is 0. The summed E-state index contributed by atoms with van der Waals surface area (Å²) >= 11 is 0. The van der Waals surface area contributed by atoms with Crippen LogP contribution in [0.15, 0.2) is 0 Å². The Balaban J connectivity index is -0.0000000816. The standard InChI is InChI=1S/7Ca.2H7O16P5/c;;;;;;;2*1-17(2,3)13-19(7,8)15-21(11,12)16-20(9,10)14-18(4,5)6/h;;;;;;;2*(H,7,8)(H,9,10)(H,11,12)(H2,1,2,3)(H2,4,5,6)/q7*+2;;/p-14. The fraction of sp³-hybridized carbons (Fsp3) is 0. The summed E-state index contributed by atoms with van der Waals surface area (Å²) in [4.78, 5) is 143. The van der Waals surface area contributed by atoms with Gasteiger partial charge < -0.3 is 86.8 Å². The quantitative estimate of drug-likeness (QED) is 0.102. The molecule has 0 rings (SSSR count). The van der Waals surface area contributed by atoms with Gasteiger partial charge in [-0.2, -0.15) is 0 Å². The minimum Gasteiger partial charge on any atom is -0.790 e. The van der Waals surface area contributed by atoms with Gasteiger partial charge in [0.25, 0.3) is 46.9 Å². The Bertz CT molecular complexity index is 1230. The van der Waals surface area contributed by atoms with Gasteiger partial charge in [-0.1, -0.05) is 0 Å². The molecule has 0 bridgehead atoms. The maximum absolute atomic E-state index is 10.7. The molecular formula is Ca7O32P10. The van der Waals surface area contributed by atoms with Gasteiger partial charge in [0.15, 0.2) is 0 Å². The fourth-order valence-electron chi connectivity index (χ4n) is 1.07. The predicted molar refractivity (Wildman–Crippen MR) is 125 cm³/mol. The van der Waals surface area contributed by atoms with Crippen molar-refractivity contribution < 1.29 is 149 Å². The molecular weight excluding hydrogens is 1100 g/mol. The Labute approximate surface area is 480 Å². The molecule has 4 unspecified atom stereocenters. The van der Waals surface area contributed by atoms with Crippen LogP contribution in [0.2, 0.25) is 0 Å². The minimum absolute atomic E-state index is 0. The van der Waals surface area contributed by atoms with E-state index in [2.05, 4.69) is 34.5 Å².